The van der Waals surface area contributed by atoms with Crippen molar-refractivity contribution in [3.63, 3.8) is 0 Å². The van der Waals surface area contributed by atoms with Crippen LogP contribution in [0.4, 0.5) is 0 Å². The molecule has 0 unspecified atom stereocenters. The number of rotatable bonds is 4. The highest BCUT2D eigenvalue weighted by Gasteiger charge is 2.37. The van der Waals surface area contributed by atoms with Crippen LogP contribution in [0.25, 0.3) is 0 Å². The van der Waals surface area contributed by atoms with Crippen molar-refractivity contribution in [1.82, 2.24) is 4.90 Å². The Morgan fingerprint density at radius 1 is 1.39 bits per heavy atom. The van der Waals surface area contributed by atoms with Crippen LogP contribution in [0.5, 0.6) is 0 Å². The second-order valence-electron chi connectivity index (χ2n) is 4.42. The third-order valence-corrected chi connectivity index (χ3v) is 3.32. The number of halogens is 1. The molecule has 0 aliphatic carbocycles. The number of aliphatic carboxylic acids is 1. The van der Waals surface area contributed by atoms with Gasteiger partial charge in [0.05, 0.1) is 0 Å². The van der Waals surface area contributed by atoms with Gasteiger partial charge in [0.1, 0.15) is 5.54 Å². The molecule has 0 saturated heterocycles. The number of carbonyl (C=O) groups is 2. The SMILES string of the molecule is CCN(C(=O)c1cccc(Br)c1)C(C)(C)C(=O)O. The largest absolute Gasteiger partial charge is 0.480 e. The number of carbonyl (C=O) groups excluding carboxylic acids is 1. The zero-order chi connectivity index (χ0) is 13.9. The molecule has 18 heavy (non-hydrogen) atoms. The van der Waals surface area contributed by atoms with E-state index in [1.165, 1.54) is 18.7 Å². The first kappa shape index (κ1) is 14.7. The summed E-state index contributed by atoms with van der Waals surface area (Å²) in [7, 11) is 0. The number of hydrogen-bond donors (Lipinski definition) is 1. The van der Waals surface area contributed by atoms with E-state index in [1.807, 2.05) is 6.07 Å². The summed E-state index contributed by atoms with van der Waals surface area (Å²) >= 11 is 3.29. The lowest BCUT2D eigenvalue weighted by atomic mass is 10.0. The van der Waals surface area contributed by atoms with E-state index in [1.54, 1.807) is 25.1 Å². The Bertz CT molecular complexity index is 471. The first-order valence-electron chi connectivity index (χ1n) is 5.61. The van der Waals surface area contributed by atoms with Crippen molar-refractivity contribution in [2.45, 2.75) is 26.3 Å². The minimum absolute atomic E-state index is 0.286. The van der Waals surface area contributed by atoms with Gasteiger partial charge in [-0.15, -0.1) is 0 Å². The number of benzene rings is 1. The van der Waals surface area contributed by atoms with Gasteiger partial charge in [0, 0.05) is 16.6 Å². The van der Waals surface area contributed by atoms with Crippen molar-refractivity contribution < 1.29 is 14.7 Å². The van der Waals surface area contributed by atoms with Crippen LogP contribution in [0.2, 0.25) is 0 Å². The smallest absolute Gasteiger partial charge is 0.329 e. The Balaban J connectivity index is 3.11. The second kappa shape index (κ2) is 5.52. The summed E-state index contributed by atoms with van der Waals surface area (Å²) in [6, 6.07) is 6.92. The van der Waals surface area contributed by atoms with Crippen LogP contribution in [0.1, 0.15) is 31.1 Å². The quantitative estimate of drug-likeness (QED) is 0.930. The molecule has 1 N–H and O–H groups in total. The zero-order valence-electron chi connectivity index (χ0n) is 10.6. The highest BCUT2D eigenvalue weighted by molar-refractivity contribution is 9.10. The molecule has 0 aliphatic heterocycles. The van der Waals surface area contributed by atoms with Crippen LogP contribution in [0.15, 0.2) is 28.7 Å². The molecule has 0 bridgehead atoms. The molecule has 0 heterocycles. The van der Waals surface area contributed by atoms with E-state index in [0.717, 1.165) is 4.47 Å². The number of amides is 1. The summed E-state index contributed by atoms with van der Waals surface area (Å²) in [4.78, 5) is 24.9. The van der Waals surface area contributed by atoms with Crippen LogP contribution in [-0.4, -0.2) is 34.0 Å². The Labute approximate surface area is 115 Å². The fourth-order valence-corrected chi connectivity index (χ4v) is 2.08. The zero-order valence-corrected chi connectivity index (χ0v) is 12.2. The van der Waals surface area contributed by atoms with E-state index in [9.17, 15) is 14.7 Å². The predicted molar refractivity (Wildman–Crippen MR) is 72.6 cm³/mol. The Morgan fingerprint density at radius 2 is 2.00 bits per heavy atom. The molecule has 0 spiro atoms. The van der Waals surface area contributed by atoms with Gasteiger partial charge in [-0.3, -0.25) is 4.79 Å². The predicted octanol–water partition coefficient (Wildman–Crippen LogP) is 2.77. The number of likely N-dealkylation sites (N-methyl/N-ethyl adjacent to an activating group) is 1. The van der Waals surface area contributed by atoms with Crippen molar-refractivity contribution in [3.8, 4) is 0 Å². The molecule has 1 aromatic rings. The summed E-state index contributed by atoms with van der Waals surface area (Å²) in [5, 5.41) is 9.19. The van der Waals surface area contributed by atoms with Gasteiger partial charge in [-0.05, 0) is 39.0 Å². The topological polar surface area (TPSA) is 57.6 Å². The standard InChI is InChI=1S/C13H16BrNO3/c1-4-15(13(2,3)12(17)18)11(16)9-6-5-7-10(14)8-9/h5-8H,4H2,1-3H3,(H,17,18). The van der Waals surface area contributed by atoms with Gasteiger partial charge in [0.15, 0.2) is 0 Å². The fourth-order valence-electron chi connectivity index (χ4n) is 1.69. The number of carboxylic acids is 1. The molecule has 0 atom stereocenters. The minimum atomic E-state index is -1.23. The Morgan fingerprint density at radius 3 is 2.44 bits per heavy atom. The average molecular weight is 314 g/mol. The van der Waals surface area contributed by atoms with E-state index in [-0.39, 0.29) is 5.91 Å². The number of carboxylic acid groups (broad SMARTS) is 1. The second-order valence-corrected chi connectivity index (χ2v) is 5.34. The number of hydrogen-bond acceptors (Lipinski definition) is 2. The van der Waals surface area contributed by atoms with Gasteiger partial charge in [-0.1, -0.05) is 22.0 Å². The molecule has 5 heteroatoms. The molecule has 98 valence electrons. The van der Waals surface area contributed by atoms with Gasteiger partial charge in [0.25, 0.3) is 5.91 Å². The van der Waals surface area contributed by atoms with Crippen LogP contribution in [0, 0.1) is 0 Å². The third kappa shape index (κ3) is 2.90. The van der Waals surface area contributed by atoms with E-state index in [4.69, 9.17) is 0 Å². The maximum absolute atomic E-state index is 12.3. The molecule has 0 fully saturated rings. The van der Waals surface area contributed by atoms with Crippen LogP contribution in [-0.2, 0) is 4.79 Å². The van der Waals surface area contributed by atoms with Crippen molar-refractivity contribution in [2.24, 2.45) is 0 Å². The molecule has 0 radical (unpaired) electrons. The van der Waals surface area contributed by atoms with Gasteiger partial charge in [-0.2, -0.15) is 0 Å². The van der Waals surface area contributed by atoms with Crippen LogP contribution in [0.3, 0.4) is 0 Å². The first-order chi connectivity index (χ1) is 8.30. The maximum atomic E-state index is 12.3. The molecule has 1 rings (SSSR count). The molecule has 1 amide bonds. The summed E-state index contributed by atoms with van der Waals surface area (Å²) < 4.78 is 0.789. The number of nitrogens with zero attached hydrogens (tertiary/aromatic N) is 1. The third-order valence-electron chi connectivity index (χ3n) is 2.83. The lowest BCUT2D eigenvalue weighted by Crippen LogP contribution is -2.52. The van der Waals surface area contributed by atoms with E-state index in [2.05, 4.69) is 15.9 Å². The molecule has 0 saturated carbocycles. The summed E-state index contributed by atoms with van der Waals surface area (Å²) in [6.45, 7) is 5.15. The first-order valence-corrected chi connectivity index (χ1v) is 6.41. The summed E-state index contributed by atoms with van der Waals surface area (Å²) in [6.07, 6.45) is 0. The lowest BCUT2D eigenvalue weighted by Gasteiger charge is -2.34. The van der Waals surface area contributed by atoms with Gasteiger partial charge in [0.2, 0.25) is 0 Å². The highest BCUT2D eigenvalue weighted by atomic mass is 79.9. The van der Waals surface area contributed by atoms with Crippen LogP contribution < -0.4 is 0 Å². The van der Waals surface area contributed by atoms with E-state index < -0.39 is 11.5 Å². The summed E-state index contributed by atoms with van der Waals surface area (Å²) in [5.74, 6) is -1.31. The highest BCUT2D eigenvalue weighted by Crippen LogP contribution is 2.20. The molecular weight excluding hydrogens is 298 g/mol. The molecule has 0 aromatic heterocycles. The van der Waals surface area contributed by atoms with Gasteiger partial charge >= 0.3 is 5.97 Å². The van der Waals surface area contributed by atoms with Crippen molar-refractivity contribution in [1.29, 1.82) is 0 Å². The maximum Gasteiger partial charge on any atom is 0.329 e. The van der Waals surface area contributed by atoms with E-state index >= 15 is 0 Å². The normalized spacial score (nSPS) is 11.1. The summed E-state index contributed by atoms with van der Waals surface area (Å²) in [5.41, 5.74) is -0.755. The van der Waals surface area contributed by atoms with E-state index in [0.29, 0.717) is 12.1 Å². The van der Waals surface area contributed by atoms with Crippen molar-refractivity contribution >= 4 is 27.8 Å². The average Bonchev–Trinajstić information content (AvgIpc) is 2.29. The monoisotopic (exact) mass is 313 g/mol. The van der Waals surface area contributed by atoms with Crippen molar-refractivity contribution in [2.75, 3.05) is 6.54 Å². The van der Waals surface area contributed by atoms with Crippen LogP contribution >= 0.6 is 15.9 Å². The molecule has 4 nitrogen and oxygen atoms in total. The molecular formula is C13H16BrNO3. The fraction of sp³-hybridized carbons (Fsp3) is 0.385. The Hall–Kier alpha value is -1.36. The minimum Gasteiger partial charge on any atom is -0.480 e. The molecule has 1 aromatic carbocycles. The molecule has 0 aliphatic rings. The van der Waals surface area contributed by atoms with Gasteiger partial charge in [-0.25, -0.2) is 4.79 Å². The van der Waals surface area contributed by atoms with Crippen molar-refractivity contribution in [3.05, 3.63) is 34.3 Å². The Kier molecular flexibility index (Phi) is 4.51. The van der Waals surface area contributed by atoms with Gasteiger partial charge < -0.3 is 10.0 Å². The lowest BCUT2D eigenvalue weighted by molar-refractivity contribution is -0.147.